The Morgan fingerprint density at radius 1 is 0.927 bits per heavy atom. The van der Waals surface area contributed by atoms with E-state index in [0.717, 1.165) is 32.1 Å². The number of alkyl carbamates (subject to hydrolysis) is 1. The van der Waals surface area contributed by atoms with Crippen molar-refractivity contribution >= 4 is 23.9 Å². The summed E-state index contributed by atoms with van der Waals surface area (Å²) in [6.07, 6.45) is 6.09. The van der Waals surface area contributed by atoms with Gasteiger partial charge in [0.25, 0.3) is 0 Å². The lowest BCUT2D eigenvalue weighted by atomic mass is 9.95. The van der Waals surface area contributed by atoms with Gasteiger partial charge in [-0.1, -0.05) is 89.6 Å². The number of hydrogen-bond donors (Lipinski definition) is 2. The molecule has 1 aromatic rings. The summed E-state index contributed by atoms with van der Waals surface area (Å²) in [6.45, 7) is 13.8. The van der Waals surface area contributed by atoms with E-state index in [1.807, 2.05) is 44.2 Å². The van der Waals surface area contributed by atoms with Crippen molar-refractivity contribution < 1.29 is 28.7 Å². The summed E-state index contributed by atoms with van der Waals surface area (Å²) >= 11 is 0. The standard InChI is InChI=1S/C32H53N3O6/c1-8-11-12-13-14-18-23-35(30(38)27(24(4)9-2)34-31(39)41-32(5,6)7)28(25-19-16-15-17-20-25)29(37)33-22-21-26(36)40-10-3/h15-17,19-20,24,27-28H,8-14,18,21-23H2,1-7H3,(H,33,37)(H,34,39). The predicted molar refractivity (Wildman–Crippen MR) is 161 cm³/mol. The highest BCUT2D eigenvalue weighted by Gasteiger charge is 2.37. The number of carbonyl (C=O) groups excluding carboxylic acids is 4. The van der Waals surface area contributed by atoms with Crippen LogP contribution < -0.4 is 10.6 Å². The molecular formula is C32H53N3O6. The molecule has 41 heavy (non-hydrogen) atoms. The second-order valence-electron chi connectivity index (χ2n) is 11.5. The van der Waals surface area contributed by atoms with Crippen LogP contribution in [0.5, 0.6) is 0 Å². The summed E-state index contributed by atoms with van der Waals surface area (Å²) in [5, 5.41) is 5.63. The Kier molecular flexibility index (Phi) is 16.7. The first-order valence-electron chi connectivity index (χ1n) is 15.2. The smallest absolute Gasteiger partial charge is 0.408 e. The highest BCUT2D eigenvalue weighted by atomic mass is 16.6. The first kappa shape index (κ1) is 35.9. The SMILES string of the molecule is CCCCCCCCN(C(=O)C(NC(=O)OC(C)(C)C)C(C)CC)C(C(=O)NCCC(=O)OCC)c1ccccc1. The molecule has 0 radical (unpaired) electrons. The van der Waals surface area contributed by atoms with E-state index in [9.17, 15) is 19.2 Å². The van der Waals surface area contributed by atoms with Gasteiger partial charge < -0.3 is 25.0 Å². The van der Waals surface area contributed by atoms with E-state index in [1.165, 1.54) is 0 Å². The summed E-state index contributed by atoms with van der Waals surface area (Å²) in [4.78, 5) is 54.2. The van der Waals surface area contributed by atoms with Crippen molar-refractivity contribution in [3.63, 3.8) is 0 Å². The van der Waals surface area contributed by atoms with E-state index in [1.54, 1.807) is 32.6 Å². The predicted octanol–water partition coefficient (Wildman–Crippen LogP) is 5.93. The van der Waals surface area contributed by atoms with Crippen LogP contribution >= 0.6 is 0 Å². The Hall–Kier alpha value is -3.10. The minimum absolute atomic E-state index is 0.0299. The van der Waals surface area contributed by atoms with Crippen molar-refractivity contribution in [3.8, 4) is 0 Å². The molecule has 0 saturated heterocycles. The molecule has 9 nitrogen and oxygen atoms in total. The van der Waals surface area contributed by atoms with Gasteiger partial charge >= 0.3 is 12.1 Å². The van der Waals surface area contributed by atoms with Crippen LogP contribution in [0, 0.1) is 5.92 Å². The summed E-state index contributed by atoms with van der Waals surface area (Å²) in [7, 11) is 0. The topological polar surface area (TPSA) is 114 Å². The number of esters is 1. The van der Waals surface area contributed by atoms with Crippen molar-refractivity contribution in [1.29, 1.82) is 0 Å². The molecule has 1 rings (SSSR count). The molecule has 0 fully saturated rings. The van der Waals surface area contributed by atoms with Crippen LogP contribution in [0.25, 0.3) is 0 Å². The Morgan fingerprint density at radius 2 is 1.56 bits per heavy atom. The fourth-order valence-corrected chi connectivity index (χ4v) is 4.45. The van der Waals surface area contributed by atoms with Gasteiger partial charge in [0.1, 0.15) is 17.7 Å². The largest absolute Gasteiger partial charge is 0.466 e. The number of hydrogen-bond acceptors (Lipinski definition) is 6. The van der Waals surface area contributed by atoms with E-state index in [2.05, 4.69) is 17.6 Å². The van der Waals surface area contributed by atoms with Gasteiger partial charge in [0.2, 0.25) is 11.8 Å². The molecule has 0 aliphatic carbocycles. The molecular weight excluding hydrogens is 522 g/mol. The van der Waals surface area contributed by atoms with Crippen LogP contribution in [-0.4, -0.2) is 60.1 Å². The van der Waals surface area contributed by atoms with Crippen molar-refractivity contribution in [2.24, 2.45) is 5.92 Å². The van der Waals surface area contributed by atoms with E-state index in [0.29, 0.717) is 24.9 Å². The van der Waals surface area contributed by atoms with Crippen LogP contribution in [0.2, 0.25) is 0 Å². The van der Waals surface area contributed by atoms with Gasteiger partial charge in [-0.05, 0) is 45.6 Å². The maximum absolute atomic E-state index is 14.3. The van der Waals surface area contributed by atoms with Gasteiger partial charge in [-0.15, -0.1) is 0 Å². The fraction of sp³-hybridized carbons (Fsp3) is 0.688. The maximum atomic E-state index is 14.3. The zero-order chi connectivity index (χ0) is 30.8. The first-order valence-corrected chi connectivity index (χ1v) is 15.2. The molecule has 0 aromatic heterocycles. The number of rotatable bonds is 18. The molecule has 0 saturated carbocycles. The van der Waals surface area contributed by atoms with E-state index < -0.39 is 29.7 Å². The Labute approximate surface area is 247 Å². The average Bonchev–Trinajstić information content (AvgIpc) is 2.91. The average molecular weight is 576 g/mol. The van der Waals surface area contributed by atoms with Gasteiger partial charge in [0.05, 0.1) is 13.0 Å². The van der Waals surface area contributed by atoms with E-state index >= 15 is 0 Å². The molecule has 0 heterocycles. The van der Waals surface area contributed by atoms with Crippen molar-refractivity contribution in [2.75, 3.05) is 19.7 Å². The van der Waals surface area contributed by atoms with Crippen LogP contribution in [0.15, 0.2) is 30.3 Å². The van der Waals surface area contributed by atoms with Gasteiger partial charge in [-0.25, -0.2) is 4.79 Å². The van der Waals surface area contributed by atoms with Gasteiger partial charge in [0.15, 0.2) is 0 Å². The molecule has 232 valence electrons. The lowest BCUT2D eigenvalue weighted by molar-refractivity contribution is -0.145. The van der Waals surface area contributed by atoms with Crippen molar-refractivity contribution in [1.82, 2.24) is 15.5 Å². The van der Waals surface area contributed by atoms with Gasteiger partial charge in [-0.2, -0.15) is 0 Å². The number of benzene rings is 1. The number of ether oxygens (including phenoxy) is 2. The number of carbonyl (C=O) groups is 4. The van der Waals surface area contributed by atoms with Crippen LogP contribution in [0.1, 0.15) is 111 Å². The highest BCUT2D eigenvalue weighted by Crippen LogP contribution is 2.25. The second kappa shape index (κ2) is 19.1. The van der Waals surface area contributed by atoms with Crippen molar-refractivity contribution in [3.05, 3.63) is 35.9 Å². The van der Waals surface area contributed by atoms with Crippen LogP contribution in [-0.2, 0) is 23.9 Å². The summed E-state index contributed by atoms with van der Waals surface area (Å²) in [5.41, 5.74) is -0.0721. The minimum atomic E-state index is -0.937. The lowest BCUT2D eigenvalue weighted by Gasteiger charge is -2.36. The third-order valence-electron chi connectivity index (χ3n) is 6.80. The number of nitrogens with zero attached hydrogens (tertiary/aromatic N) is 1. The Balaban J connectivity index is 3.36. The Morgan fingerprint density at radius 3 is 2.15 bits per heavy atom. The van der Waals surface area contributed by atoms with E-state index in [-0.39, 0.29) is 37.3 Å². The zero-order valence-corrected chi connectivity index (χ0v) is 26.3. The molecule has 0 aliphatic rings. The molecule has 3 amide bonds. The third-order valence-corrected chi connectivity index (χ3v) is 6.80. The molecule has 9 heteroatoms. The normalized spacial score (nSPS) is 13.4. The molecule has 3 unspecified atom stereocenters. The number of nitrogens with one attached hydrogen (secondary N) is 2. The first-order chi connectivity index (χ1) is 19.4. The van der Waals surface area contributed by atoms with Gasteiger partial charge in [0, 0.05) is 13.1 Å². The van der Waals surface area contributed by atoms with Crippen molar-refractivity contribution in [2.45, 2.75) is 118 Å². The Bertz CT molecular complexity index is 931. The molecule has 1 aromatic carbocycles. The second-order valence-corrected chi connectivity index (χ2v) is 11.5. The molecule has 0 aliphatic heterocycles. The van der Waals surface area contributed by atoms with Crippen LogP contribution in [0.4, 0.5) is 4.79 Å². The maximum Gasteiger partial charge on any atom is 0.408 e. The lowest BCUT2D eigenvalue weighted by Crippen LogP contribution is -2.55. The summed E-state index contributed by atoms with van der Waals surface area (Å²) in [5.74, 6) is -1.33. The minimum Gasteiger partial charge on any atom is -0.466 e. The molecule has 3 atom stereocenters. The number of amides is 3. The van der Waals surface area contributed by atoms with Gasteiger partial charge in [-0.3, -0.25) is 14.4 Å². The molecule has 2 N–H and O–H groups in total. The summed E-state index contributed by atoms with van der Waals surface area (Å²) in [6, 6.07) is 7.32. The third kappa shape index (κ3) is 13.9. The van der Waals surface area contributed by atoms with Crippen LogP contribution in [0.3, 0.4) is 0 Å². The number of unbranched alkanes of at least 4 members (excludes halogenated alkanes) is 5. The van der Waals surface area contributed by atoms with E-state index in [4.69, 9.17) is 9.47 Å². The summed E-state index contributed by atoms with van der Waals surface area (Å²) < 4.78 is 10.5. The quantitative estimate of drug-likeness (QED) is 0.166. The monoisotopic (exact) mass is 575 g/mol. The zero-order valence-electron chi connectivity index (χ0n) is 26.3. The molecule has 0 bridgehead atoms. The fourth-order valence-electron chi connectivity index (χ4n) is 4.45. The highest BCUT2D eigenvalue weighted by molar-refractivity contribution is 5.92. The molecule has 0 spiro atoms.